The van der Waals surface area contributed by atoms with Crippen LogP contribution in [-0.2, 0) is 11.3 Å². The molecule has 0 radical (unpaired) electrons. The van der Waals surface area contributed by atoms with E-state index in [4.69, 9.17) is 4.74 Å². The zero-order valence-corrected chi connectivity index (χ0v) is 9.30. The van der Waals surface area contributed by atoms with Crippen LogP contribution >= 0.6 is 0 Å². The van der Waals surface area contributed by atoms with Gasteiger partial charge in [-0.3, -0.25) is 0 Å². The fourth-order valence-electron chi connectivity index (χ4n) is 2.18. The summed E-state index contributed by atoms with van der Waals surface area (Å²) < 4.78 is 5.76. The number of benzene rings is 1. The molecule has 4 heteroatoms. The molecule has 1 fully saturated rings. The third-order valence-corrected chi connectivity index (χ3v) is 3.11. The highest BCUT2D eigenvalue weighted by Crippen LogP contribution is 2.21. The van der Waals surface area contributed by atoms with E-state index in [0.717, 1.165) is 18.4 Å². The minimum Gasteiger partial charge on any atom is -0.423 e. The molecule has 0 bridgehead atoms. The van der Waals surface area contributed by atoms with Crippen LogP contribution in [0.15, 0.2) is 24.3 Å². The summed E-state index contributed by atoms with van der Waals surface area (Å²) in [7, 11) is -1.41. The SMILES string of the molecule is OB(O)c1ccccc1COC1CCCC1. The minimum atomic E-state index is -1.41. The minimum absolute atomic E-state index is 0.351. The molecule has 0 aromatic heterocycles. The Labute approximate surface area is 96.2 Å². The summed E-state index contributed by atoms with van der Waals surface area (Å²) in [4.78, 5) is 0. The second kappa shape index (κ2) is 5.48. The van der Waals surface area contributed by atoms with Crippen molar-refractivity contribution >= 4 is 12.6 Å². The predicted molar refractivity (Wildman–Crippen MR) is 63.3 cm³/mol. The maximum atomic E-state index is 9.20. The van der Waals surface area contributed by atoms with Crippen molar-refractivity contribution in [2.45, 2.75) is 38.4 Å². The summed E-state index contributed by atoms with van der Waals surface area (Å²) in [6.45, 7) is 0.471. The standard InChI is InChI=1S/C12H17BO3/c14-13(15)12-8-4-1-5-10(12)9-16-11-6-2-3-7-11/h1,4-5,8,11,14-15H,2-3,6-7,9H2. The Morgan fingerprint density at radius 1 is 1.19 bits per heavy atom. The number of hydrogen-bond acceptors (Lipinski definition) is 3. The van der Waals surface area contributed by atoms with Gasteiger partial charge < -0.3 is 14.8 Å². The first-order chi connectivity index (χ1) is 7.77. The van der Waals surface area contributed by atoms with Crippen LogP contribution < -0.4 is 5.46 Å². The lowest BCUT2D eigenvalue weighted by atomic mass is 9.77. The molecule has 0 spiro atoms. The zero-order chi connectivity index (χ0) is 11.4. The molecule has 0 heterocycles. The highest BCUT2D eigenvalue weighted by Gasteiger charge is 2.18. The van der Waals surface area contributed by atoms with E-state index in [1.54, 1.807) is 12.1 Å². The lowest BCUT2D eigenvalue weighted by Gasteiger charge is -2.13. The van der Waals surface area contributed by atoms with Crippen LogP contribution in [0.25, 0.3) is 0 Å². The molecule has 1 aromatic rings. The average molecular weight is 220 g/mol. The van der Waals surface area contributed by atoms with Crippen molar-refractivity contribution in [2.24, 2.45) is 0 Å². The van der Waals surface area contributed by atoms with E-state index in [-0.39, 0.29) is 0 Å². The lowest BCUT2D eigenvalue weighted by molar-refractivity contribution is 0.0460. The Kier molecular flexibility index (Phi) is 3.99. The van der Waals surface area contributed by atoms with Gasteiger partial charge in [0.05, 0.1) is 12.7 Å². The molecule has 2 rings (SSSR count). The molecule has 0 atom stereocenters. The van der Waals surface area contributed by atoms with E-state index in [9.17, 15) is 10.0 Å². The van der Waals surface area contributed by atoms with Crippen LogP contribution in [0.4, 0.5) is 0 Å². The smallest absolute Gasteiger partial charge is 0.423 e. The summed E-state index contributed by atoms with van der Waals surface area (Å²) in [5.41, 5.74) is 1.41. The van der Waals surface area contributed by atoms with Gasteiger partial charge in [-0.1, -0.05) is 37.1 Å². The maximum Gasteiger partial charge on any atom is 0.488 e. The lowest BCUT2D eigenvalue weighted by Crippen LogP contribution is -2.33. The summed E-state index contributed by atoms with van der Waals surface area (Å²) >= 11 is 0. The molecule has 0 unspecified atom stereocenters. The average Bonchev–Trinajstić information content (AvgIpc) is 2.79. The summed E-state index contributed by atoms with van der Waals surface area (Å²) in [5.74, 6) is 0. The van der Waals surface area contributed by atoms with E-state index in [2.05, 4.69) is 0 Å². The number of rotatable bonds is 4. The monoisotopic (exact) mass is 220 g/mol. The first-order valence-corrected chi connectivity index (χ1v) is 5.83. The normalized spacial score (nSPS) is 16.6. The van der Waals surface area contributed by atoms with Gasteiger partial charge >= 0.3 is 7.12 Å². The molecule has 86 valence electrons. The van der Waals surface area contributed by atoms with Crippen molar-refractivity contribution < 1.29 is 14.8 Å². The largest absolute Gasteiger partial charge is 0.488 e. The summed E-state index contributed by atoms with van der Waals surface area (Å²) in [5, 5.41) is 18.4. The van der Waals surface area contributed by atoms with E-state index in [1.165, 1.54) is 12.8 Å². The molecule has 2 N–H and O–H groups in total. The zero-order valence-electron chi connectivity index (χ0n) is 9.30. The molecule has 16 heavy (non-hydrogen) atoms. The van der Waals surface area contributed by atoms with Gasteiger partial charge in [-0.15, -0.1) is 0 Å². The molecular weight excluding hydrogens is 203 g/mol. The van der Waals surface area contributed by atoms with Gasteiger partial charge in [-0.2, -0.15) is 0 Å². The van der Waals surface area contributed by atoms with Crippen molar-refractivity contribution in [3.63, 3.8) is 0 Å². The van der Waals surface area contributed by atoms with E-state index < -0.39 is 7.12 Å². The summed E-state index contributed by atoms with van der Waals surface area (Å²) in [6.07, 6.45) is 5.10. The van der Waals surface area contributed by atoms with Gasteiger partial charge in [0.2, 0.25) is 0 Å². The highest BCUT2D eigenvalue weighted by atomic mass is 16.5. The third-order valence-electron chi connectivity index (χ3n) is 3.11. The third kappa shape index (κ3) is 2.85. The van der Waals surface area contributed by atoms with Crippen LogP contribution in [0.1, 0.15) is 31.2 Å². The Morgan fingerprint density at radius 3 is 2.56 bits per heavy atom. The van der Waals surface area contributed by atoms with Gasteiger partial charge in [0, 0.05) is 0 Å². The van der Waals surface area contributed by atoms with Gasteiger partial charge in [-0.25, -0.2) is 0 Å². The fraction of sp³-hybridized carbons (Fsp3) is 0.500. The topological polar surface area (TPSA) is 49.7 Å². The van der Waals surface area contributed by atoms with Crippen molar-refractivity contribution in [3.05, 3.63) is 29.8 Å². The van der Waals surface area contributed by atoms with Crippen LogP contribution in [0.2, 0.25) is 0 Å². The van der Waals surface area contributed by atoms with Gasteiger partial charge in [0.15, 0.2) is 0 Å². The van der Waals surface area contributed by atoms with Crippen molar-refractivity contribution in [2.75, 3.05) is 0 Å². The first-order valence-electron chi connectivity index (χ1n) is 5.83. The highest BCUT2D eigenvalue weighted by molar-refractivity contribution is 6.59. The van der Waals surface area contributed by atoms with E-state index >= 15 is 0 Å². The first kappa shape index (κ1) is 11.6. The Morgan fingerprint density at radius 2 is 1.88 bits per heavy atom. The number of ether oxygens (including phenoxy) is 1. The molecular formula is C12H17BO3. The second-order valence-electron chi connectivity index (χ2n) is 4.29. The van der Waals surface area contributed by atoms with Gasteiger partial charge in [0.25, 0.3) is 0 Å². The Hall–Kier alpha value is -0.835. The quantitative estimate of drug-likeness (QED) is 0.738. The van der Waals surface area contributed by atoms with Crippen LogP contribution in [0.3, 0.4) is 0 Å². The van der Waals surface area contributed by atoms with Gasteiger partial charge in [-0.05, 0) is 23.9 Å². The fourth-order valence-corrected chi connectivity index (χ4v) is 2.18. The predicted octanol–water partition coefficient (Wildman–Crippen LogP) is 0.826. The van der Waals surface area contributed by atoms with Crippen LogP contribution in [0.5, 0.6) is 0 Å². The molecule has 1 aliphatic carbocycles. The van der Waals surface area contributed by atoms with Crippen LogP contribution in [-0.4, -0.2) is 23.3 Å². The summed E-state index contributed by atoms with van der Waals surface area (Å²) in [6, 6.07) is 7.29. The Balaban J connectivity index is 1.97. The molecule has 3 nitrogen and oxygen atoms in total. The Bertz CT molecular complexity index is 335. The van der Waals surface area contributed by atoms with Crippen molar-refractivity contribution in [1.82, 2.24) is 0 Å². The van der Waals surface area contributed by atoms with Crippen molar-refractivity contribution in [1.29, 1.82) is 0 Å². The molecule has 0 amide bonds. The van der Waals surface area contributed by atoms with E-state index in [0.29, 0.717) is 18.2 Å². The molecule has 0 aliphatic heterocycles. The van der Waals surface area contributed by atoms with Gasteiger partial charge in [0.1, 0.15) is 0 Å². The maximum absolute atomic E-state index is 9.20. The second-order valence-corrected chi connectivity index (χ2v) is 4.29. The molecule has 1 aromatic carbocycles. The molecule has 1 aliphatic rings. The van der Waals surface area contributed by atoms with E-state index in [1.807, 2.05) is 12.1 Å². The van der Waals surface area contributed by atoms with Crippen molar-refractivity contribution in [3.8, 4) is 0 Å². The molecule has 1 saturated carbocycles. The number of hydrogen-bond donors (Lipinski definition) is 2. The van der Waals surface area contributed by atoms with Crippen LogP contribution in [0, 0.1) is 0 Å². The molecule has 0 saturated heterocycles.